The van der Waals surface area contributed by atoms with Crippen molar-refractivity contribution in [3.8, 4) is 5.75 Å². The Balaban J connectivity index is 1.83. The number of carbonyl (C=O) groups is 2. The first-order chi connectivity index (χ1) is 10.6. The van der Waals surface area contributed by atoms with Crippen molar-refractivity contribution in [1.29, 1.82) is 0 Å². The Morgan fingerprint density at radius 3 is 2.68 bits per heavy atom. The zero-order valence-corrected chi connectivity index (χ0v) is 13.2. The number of piperidine rings is 1. The standard InChI is InChI=1S/C17H23NO4/c1-3-21-17(20)14-5-4-10-18(11-14)16(19)12-22-15-8-6-13(2)7-9-15/h6-9,14H,3-5,10-12H2,1-2H3/t14-/m1/s1. The summed E-state index contributed by atoms with van der Waals surface area (Å²) in [5.41, 5.74) is 1.15. The van der Waals surface area contributed by atoms with Crippen LogP contribution in [0.25, 0.3) is 0 Å². The molecule has 1 aliphatic heterocycles. The summed E-state index contributed by atoms with van der Waals surface area (Å²) in [6.07, 6.45) is 1.60. The van der Waals surface area contributed by atoms with Crippen molar-refractivity contribution >= 4 is 11.9 Å². The van der Waals surface area contributed by atoms with Gasteiger partial charge in [-0.2, -0.15) is 0 Å². The molecule has 0 radical (unpaired) electrons. The lowest BCUT2D eigenvalue weighted by Gasteiger charge is -2.31. The van der Waals surface area contributed by atoms with Gasteiger partial charge in [0.1, 0.15) is 5.75 Å². The van der Waals surface area contributed by atoms with Crippen LogP contribution in [0.2, 0.25) is 0 Å². The average Bonchev–Trinajstić information content (AvgIpc) is 2.54. The molecule has 0 aliphatic carbocycles. The van der Waals surface area contributed by atoms with E-state index in [0.717, 1.165) is 18.4 Å². The van der Waals surface area contributed by atoms with E-state index < -0.39 is 0 Å². The number of hydrogen-bond donors (Lipinski definition) is 0. The number of amides is 1. The molecule has 0 aromatic heterocycles. The molecule has 1 aromatic rings. The zero-order chi connectivity index (χ0) is 15.9. The Morgan fingerprint density at radius 2 is 2.00 bits per heavy atom. The smallest absolute Gasteiger partial charge is 0.310 e. The second-order valence-electron chi connectivity index (χ2n) is 5.53. The normalized spacial score (nSPS) is 17.9. The summed E-state index contributed by atoms with van der Waals surface area (Å²) in [6, 6.07) is 7.58. The first-order valence-electron chi connectivity index (χ1n) is 7.74. The van der Waals surface area contributed by atoms with E-state index in [4.69, 9.17) is 9.47 Å². The molecule has 0 spiro atoms. The van der Waals surface area contributed by atoms with Crippen molar-refractivity contribution in [3.63, 3.8) is 0 Å². The molecule has 5 heteroatoms. The van der Waals surface area contributed by atoms with Gasteiger partial charge in [-0.1, -0.05) is 17.7 Å². The summed E-state index contributed by atoms with van der Waals surface area (Å²) in [7, 11) is 0. The molecule has 22 heavy (non-hydrogen) atoms. The molecule has 1 fully saturated rings. The predicted molar refractivity (Wildman–Crippen MR) is 82.6 cm³/mol. The van der Waals surface area contributed by atoms with Gasteiger partial charge in [0.25, 0.3) is 5.91 Å². The minimum Gasteiger partial charge on any atom is -0.484 e. The van der Waals surface area contributed by atoms with Gasteiger partial charge >= 0.3 is 5.97 Å². The Bertz CT molecular complexity index is 512. The van der Waals surface area contributed by atoms with Gasteiger partial charge in [0.15, 0.2) is 6.61 Å². The average molecular weight is 305 g/mol. The molecule has 120 valence electrons. The fraction of sp³-hybridized carbons (Fsp3) is 0.529. The molecule has 1 aliphatic rings. The van der Waals surface area contributed by atoms with Crippen LogP contribution in [0.3, 0.4) is 0 Å². The fourth-order valence-electron chi connectivity index (χ4n) is 2.53. The highest BCUT2D eigenvalue weighted by atomic mass is 16.5. The molecule has 0 N–H and O–H groups in total. The monoisotopic (exact) mass is 305 g/mol. The molecule has 1 saturated heterocycles. The lowest BCUT2D eigenvalue weighted by molar-refractivity contribution is -0.151. The van der Waals surface area contributed by atoms with E-state index in [0.29, 0.717) is 25.4 Å². The Labute approximate surface area is 131 Å². The van der Waals surface area contributed by atoms with E-state index in [2.05, 4.69) is 0 Å². The SMILES string of the molecule is CCOC(=O)[C@@H]1CCCN(C(=O)COc2ccc(C)cc2)C1. The van der Waals surface area contributed by atoms with Crippen LogP contribution in [-0.4, -0.2) is 43.1 Å². The highest BCUT2D eigenvalue weighted by Gasteiger charge is 2.29. The van der Waals surface area contributed by atoms with Crippen LogP contribution in [0, 0.1) is 12.8 Å². The van der Waals surface area contributed by atoms with E-state index in [1.165, 1.54) is 0 Å². The fourth-order valence-corrected chi connectivity index (χ4v) is 2.53. The topological polar surface area (TPSA) is 55.8 Å². The van der Waals surface area contributed by atoms with E-state index in [-0.39, 0.29) is 24.4 Å². The molecule has 0 unspecified atom stereocenters. The van der Waals surface area contributed by atoms with Gasteiger partial charge in [0.05, 0.1) is 12.5 Å². The Hall–Kier alpha value is -2.04. The second-order valence-corrected chi connectivity index (χ2v) is 5.53. The summed E-state index contributed by atoms with van der Waals surface area (Å²) in [5, 5.41) is 0. The lowest BCUT2D eigenvalue weighted by Crippen LogP contribution is -2.44. The summed E-state index contributed by atoms with van der Waals surface area (Å²) in [4.78, 5) is 25.7. The predicted octanol–water partition coefficient (Wildman–Crippen LogP) is 2.18. The molecule has 1 amide bonds. The van der Waals surface area contributed by atoms with E-state index in [1.807, 2.05) is 31.2 Å². The van der Waals surface area contributed by atoms with Crippen LogP contribution in [0.4, 0.5) is 0 Å². The number of hydrogen-bond acceptors (Lipinski definition) is 4. The van der Waals surface area contributed by atoms with E-state index in [1.54, 1.807) is 11.8 Å². The molecule has 0 saturated carbocycles. The highest BCUT2D eigenvalue weighted by molar-refractivity contribution is 5.79. The second kappa shape index (κ2) is 7.82. The minimum atomic E-state index is -0.211. The summed E-state index contributed by atoms with van der Waals surface area (Å²) >= 11 is 0. The van der Waals surface area contributed by atoms with Gasteiger partial charge in [0.2, 0.25) is 0 Å². The van der Waals surface area contributed by atoms with Crippen molar-refractivity contribution in [1.82, 2.24) is 4.90 Å². The number of rotatable bonds is 5. The highest BCUT2D eigenvalue weighted by Crippen LogP contribution is 2.18. The molecule has 1 atom stereocenters. The van der Waals surface area contributed by atoms with Crippen molar-refractivity contribution < 1.29 is 19.1 Å². The third-order valence-electron chi connectivity index (χ3n) is 3.78. The maximum Gasteiger partial charge on any atom is 0.310 e. The van der Waals surface area contributed by atoms with Crippen LogP contribution in [0.1, 0.15) is 25.3 Å². The molecular weight excluding hydrogens is 282 g/mol. The first-order valence-corrected chi connectivity index (χ1v) is 7.74. The quantitative estimate of drug-likeness (QED) is 0.782. The van der Waals surface area contributed by atoms with E-state index in [9.17, 15) is 9.59 Å². The van der Waals surface area contributed by atoms with Crippen LogP contribution >= 0.6 is 0 Å². The van der Waals surface area contributed by atoms with Gasteiger partial charge in [-0.15, -0.1) is 0 Å². The van der Waals surface area contributed by atoms with Gasteiger partial charge in [0, 0.05) is 13.1 Å². The summed E-state index contributed by atoms with van der Waals surface area (Å²) in [5.74, 6) is 0.170. The Morgan fingerprint density at radius 1 is 1.27 bits per heavy atom. The number of esters is 1. The van der Waals surface area contributed by atoms with Gasteiger partial charge < -0.3 is 14.4 Å². The van der Waals surface area contributed by atoms with Crippen molar-refractivity contribution in [2.24, 2.45) is 5.92 Å². The molecule has 0 bridgehead atoms. The molecular formula is C17H23NO4. The third kappa shape index (κ3) is 4.48. The largest absolute Gasteiger partial charge is 0.484 e. The minimum absolute atomic E-state index is 0.00138. The Kier molecular flexibility index (Phi) is 5.81. The number of carbonyl (C=O) groups excluding carboxylic acids is 2. The van der Waals surface area contributed by atoms with Crippen molar-refractivity contribution in [2.45, 2.75) is 26.7 Å². The maximum atomic E-state index is 12.2. The van der Waals surface area contributed by atoms with E-state index >= 15 is 0 Å². The molecule has 1 heterocycles. The number of benzene rings is 1. The molecule has 5 nitrogen and oxygen atoms in total. The van der Waals surface area contributed by atoms with Crippen molar-refractivity contribution in [3.05, 3.63) is 29.8 Å². The van der Waals surface area contributed by atoms with Crippen molar-refractivity contribution in [2.75, 3.05) is 26.3 Å². The van der Waals surface area contributed by atoms with Gasteiger partial charge in [-0.05, 0) is 38.8 Å². The number of ether oxygens (including phenoxy) is 2. The third-order valence-corrected chi connectivity index (χ3v) is 3.78. The van der Waals surface area contributed by atoms with Gasteiger partial charge in [-0.3, -0.25) is 9.59 Å². The van der Waals surface area contributed by atoms with Crippen LogP contribution in [-0.2, 0) is 14.3 Å². The van der Waals surface area contributed by atoms with Crippen LogP contribution in [0.5, 0.6) is 5.75 Å². The lowest BCUT2D eigenvalue weighted by atomic mass is 9.98. The number of nitrogens with zero attached hydrogens (tertiary/aromatic N) is 1. The zero-order valence-electron chi connectivity index (χ0n) is 13.2. The molecule has 2 rings (SSSR count). The van der Waals surface area contributed by atoms with Crippen LogP contribution < -0.4 is 4.74 Å². The summed E-state index contributed by atoms with van der Waals surface area (Å²) in [6.45, 7) is 5.26. The first kappa shape index (κ1) is 16.3. The maximum absolute atomic E-state index is 12.2. The van der Waals surface area contributed by atoms with Gasteiger partial charge in [-0.25, -0.2) is 0 Å². The molecule has 1 aromatic carbocycles. The number of likely N-dealkylation sites (tertiary alicyclic amines) is 1. The van der Waals surface area contributed by atoms with Crippen LogP contribution in [0.15, 0.2) is 24.3 Å². The number of aryl methyl sites for hydroxylation is 1. The summed E-state index contributed by atoms with van der Waals surface area (Å²) < 4.78 is 10.6.